The predicted molar refractivity (Wildman–Crippen MR) is 70.9 cm³/mol. The van der Waals surface area contributed by atoms with Gasteiger partial charge in [-0.25, -0.2) is 4.98 Å². The van der Waals surface area contributed by atoms with Gasteiger partial charge < -0.3 is 10.6 Å². The van der Waals surface area contributed by atoms with Gasteiger partial charge in [0.25, 0.3) is 0 Å². The van der Waals surface area contributed by atoms with E-state index in [9.17, 15) is 4.79 Å². The molecule has 1 amide bonds. The van der Waals surface area contributed by atoms with Gasteiger partial charge in [-0.1, -0.05) is 0 Å². The van der Waals surface area contributed by atoms with E-state index in [4.69, 9.17) is 0 Å². The molecule has 0 bridgehead atoms. The summed E-state index contributed by atoms with van der Waals surface area (Å²) in [6.07, 6.45) is 4.66. The maximum atomic E-state index is 11.6. The van der Waals surface area contributed by atoms with Crippen LogP contribution in [0.2, 0.25) is 0 Å². The van der Waals surface area contributed by atoms with E-state index >= 15 is 0 Å². The molecule has 0 aliphatic heterocycles. The Morgan fingerprint density at radius 2 is 2.35 bits per heavy atom. The standard InChI is InChI=1S/C12H16BrN3O/c1-8-6-10(7-15-12(8)13)16-11(17)4-5-14-9-2-3-9/h6-7,9,14H,2-5H2,1H3,(H,16,17). The maximum Gasteiger partial charge on any atom is 0.225 e. The highest BCUT2D eigenvalue weighted by atomic mass is 79.9. The fourth-order valence-electron chi connectivity index (χ4n) is 1.53. The number of carbonyl (C=O) groups excluding carboxylic acids is 1. The molecule has 0 saturated heterocycles. The van der Waals surface area contributed by atoms with Crippen LogP contribution in [0.25, 0.3) is 0 Å². The number of halogens is 1. The van der Waals surface area contributed by atoms with Gasteiger partial charge in [-0.3, -0.25) is 4.79 Å². The number of hydrogen-bond acceptors (Lipinski definition) is 3. The lowest BCUT2D eigenvalue weighted by Crippen LogP contribution is -2.23. The molecular weight excluding hydrogens is 282 g/mol. The number of aryl methyl sites for hydroxylation is 1. The molecule has 1 saturated carbocycles. The molecule has 5 heteroatoms. The summed E-state index contributed by atoms with van der Waals surface area (Å²) in [5, 5.41) is 6.15. The summed E-state index contributed by atoms with van der Waals surface area (Å²) in [6, 6.07) is 2.56. The molecule has 0 radical (unpaired) electrons. The van der Waals surface area contributed by atoms with Crippen LogP contribution in [-0.4, -0.2) is 23.5 Å². The van der Waals surface area contributed by atoms with Crippen LogP contribution in [0.3, 0.4) is 0 Å². The number of pyridine rings is 1. The van der Waals surface area contributed by atoms with Crippen molar-refractivity contribution in [2.75, 3.05) is 11.9 Å². The van der Waals surface area contributed by atoms with Crippen LogP contribution in [0.1, 0.15) is 24.8 Å². The summed E-state index contributed by atoms with van der Waals surface area (Å²) in [6.45, 7) is 2.70. The Morgan fingerprint density at radius 3 is 3.00 bits per heavy atom. The minimum absolute atomic E-state index is 0.0293. The van der Waals surface area contributed by atoms with Gasteiger partial charge >= 0.3 is 0 Å². The van der Waals surface area contributed by atoms with Crippen LogP contribution < -0.4 is 10.6 Å². The third-order valence-corrected chi connectivity index (χ3v) is 3.49. The van der Waals surface area contributed by atoms with E-state index in [1.165, 1.54) is 12.8 Å². The molecule has 0 atom stereocenters. The average molecular weight is 298 g/mol. The number of carbonyl (C=O) groups is 1. The van der Waals surface area contributed by atoms with Crippen LogP contribution in [0.15, 0.2) is 16.9 Å². The summed E-state index contributed by atoms with van der Waals surface area (Å²) >= 11 is 3.33. The highest BCUT2D eigenvalue weighted by molar-refractivity contribution is 9.10. The van der Waals surface area contributed by atoms with Crippen LogP contribution >= 0.6 is 15.9 Å². The number of rotatable bonds is 5. The summed E-state index contributed by atoms with van der Waals surface area (Å²) in [7, 11) is 0. The van der Waals surface area contributed by atoms with Gasteiger partial charge in [-0.15, -0.1) is 0 Å². The second kappa shape index (κ2) is 5.60. The Balaban J connectivity index is 1.77. The lowest BCUT2D eigenvalue weighted by molar-refractivity contribution is -0.116. The molecule has 1 aliphatic rings. The van der Waals surface area contributed by atoms with E-state index in [2.05, 4.69) is 31.5 Å². The van der Waals surface area contributed by atoms with Crippen molar-refractivity contribution in [1.29, 1.82) is 0 Å². The first kappa shape index (κ1) is 12.5. The van der Waals surface area contributed by atoms with Gasteiger partial charge in [0.05, 0.1) is 11.9 Å². The van der Waals surface area contributed by atoms with Crippen molar-refractivity contribution in [3.63, 3.8) is 0 Å². The van der Waals surface area contributed by atoms with E-state index in [-0.39, 0.29) is 5.91 Å². The molecule has 2 rings (SSSR count). The van der Waals surface area contributed by atoms with Gasteiger partial charge in [0.1, 0.15) is 4.60 Å². The van der Waals surface area contributed by atoms with Gasteiger partial charge in [0.15, 0.2) is 0 Å². The molecule has 92 valence electrons. The minimum atomic E-state index is 0.0293. The first-order valence-electron chi connectivity index (χ1n) is 5.80. The Bertz CT molecular complexity index is 418. The molecule has 1 aliphatic carbocycles. The van der Waals surface area contributed by atoms with Crippen LogP contribution in [-0.2, 0) is 4.79 Å². The molecule has 0 aromatic carbocycles. The van der Waals surface area contributed by atoms with Crippen LogP contribution in [0.5, 0.6) is 0 Å². The molecular formula is C12H16BrN3O. The normalized spacial score (nSPS) is 14.7. The number of aromatic nitrogens is 1. The summed E-state index contributed by atoms with van der Waals surface area (Å²) < 4.78 is 0.811. The largest absolute Gasteiger partial charge is 0.325 e. The Labute approximate surface area is 109 Å². The highest BCUT2D eigenvalue weighted by Gasteiger charge is 2.20. The minimum Gasteiger partial charge on any atom is -0.325 e. The van der Waals surface area contributed by atoms with E-state index in [0.29, 0.717) is 12.5 Å². The van der Waals surface area contributed by atoms with E-state index in [0.717, 1.165) is 22.4 Å². The molecule has 1 fully saturated rings. The first-order valence-corrected chi connectivity index (χ1v) is 6.60. The predicted octanol–water partition coefficient (Wildman–Crippen LogP) is 2.23. The van der Waals surface area contributed by atoms with Crippen LogP contribution in [0, 0.1) is 6.92 Å². The van der Waals surface area contributed by atoms with Crippen molar-refractivity contribution < 1.29 is 4.79 Å². The molecule has 17 heavy (non-hydrogen) atoms. The number of anilines is 1. The number of amides is 1. The summed E-state index contributed by atoms with van der Waals surface area (Å²) in [5.41, 5.74) is 1.76. The van der Waals surface area contributed by atoms with Gasteiger partial charge in [0, 0.05) is 19.0 Å². The number of hydrogen-bond donors (Lipinski definition) is 2. The van der Waals surface area contributed by atoms with E-state index < -0.39 is 0 Å². The van der Waals surface area contributed by atoms with Crippen molar-refractivity contribution in [3.8, 4) is 0 Å². The Kier molecular flexibility index (Phi) is 4.12. The fourth-order valence-corrected chi connectivity index (χ4v) is 1.74. The van der Waals surface area contributed by atoms with Crippen molar-refractivity contribution in [3.05, 3.63) is 22.4 Å². The van der Waals surface area contributed by atoms with Crippen molar-refractivity contribution >= 4 is 27.5 Å². The molecule has 1 heterocycles. The molecule has 1 aromatic rings. The molecule has 2 N–H and O–H groups in total. The zero-order valence-corrected chi connectivity index (χ0v) is 11.4. The Hall–Kier alpha value is -0.940. The third kappa shape index (κ3) is 4.09. The third-order valence-electron chi connectivity index (χ3n) is 2.66. The monoisotopic (exact) mass is 297 g/mol. The van der Waals surface area contributed by atoms with Gasteiger partial charge in [0.2, 0.25) is 5.91 Å². The van der Waals surface area contributed by atoms with Gasteiger partial charge in [-0.2, -0.15) is 0 Å². The zero-order chi connectivity index (χ0) is 12.3. The highest BCUT2D eigenvalue weighted by Crippen LogP contribution is 2.18. The smallest absolute Gasteiger partial charge is 0.225 e. The van der Waals surface area contributed by atoms with E-state index in [1.54, 1.807) is 6.20 Å². The van der Waals surface area contributed by atoms with Crippen molar-refractivity contribution in [2.24, 2.45) is 0 Å². The zero-order valence-electron chi connectivity index (χ0n) is 9.79. The first-order chi connectivity index (χ1) is 8.15. The summed E-state index contributed by atoms with van der Waals surface area (Å²) in [4.78, 5) is 15.8. The SMILES string of the molecule is Cc1cc(NC(=O)CCNC2CC2)cnc1Br. The second-order valence-electron chi connectivity index (χ2n) is 4.36. The van der Waals surface area contributed by atoms with E-state index in [1.807, 2.05) is 13.0 Å². The quantitative estimate of drug-likeness (QED) is 0.820. The number of nitrogens with zero attached hydrogens (tertiary/aromatic N) is 1. The van der Waals surface area contributed by atoms with Crippen molar-refractivity contribution in [2.45, 2.75) is 32.2 Å². The topological polar surface area (TPSA) is 54.0 Å². The van der Waals surface area contributed by atoms with Crippen LogP contribution in [0.4, 0.5) is 5.69 Å². The van der Waals surface area contributed by atoms with Gasteiger partial charge in [-0.05, 0) is 47.3 Å². The summed E-state index contributed by atoms with van der Waals surface area (Å²) in [5.74, 6) is 0.0293. The lowest BCUT2D eigenvalue weighted by Gasteiger charge is -2.06. The lowest BCUT2D eigenvalue weighted by atomic mass is 10.3. The molecule has 4 nitrogen and oxygen atoms in total. The second-order valence-corrected chi connectivity index (χ2v) is 5.11. The number of nitrogens with one attached hydrogen (secondary N) is 2. The van der Waals surface area contributed by atoms with Crippen molar-refractivity contribution in [1.82, 2.24) is 10.3 Å². The Morgan fingerprint density at radius 1 is 1.59 bits per heavy atom. The molecule has 0 unspecified atom stereocenters. The maximum absolute atomic E-state index is 11.6. The molecule has 0 spiro atoms. The molecule has 1 aromatic heterocycles. The average Bonchev–Trinajstić information content (AvgIpc) is 3.07. The fraction of sp³-hybridized carbons (Fsp3) is 0.500.